The van der Waals surface area contributed by atoms with Gasteiger partial charge in [-0.3, -0.25) is 4.68 Å². The molecule has 3 heterocycles. The van der Waals surface area contributed by atoms with Crippen molar-refractivity contribution in [3.05, 3.63) is 18.2 Å². The molecule has 0 aliphatic carbocycles. The Kier molecular flexibility index (Phi) is 3.33. The van der Waals surface area contributed by atoms with Gasteiger partial charge >= 0.3 is 0 Å². The van der Waals surface area contributed by atoms with Crippen molar-refractivity contribution in [2.45, 2.75) is 32.1 Å². The molecule has 6 heteroatoms. The zero-order chi connectivity index (χ0) is 14.2. The molecule has 1 aliphatic heterocycles. The third-order valence-corrected chi connectivity index (χ3v) is 4.24. The van der Waals surface area contributed by atoms with E-state index < -0.39 is 0 Å². The largest absolute Gasteiger partial charge is 0.338 e. The van der Waals surface area contributed by atoms with Crippen LogP contribution in [0.4, 0.5) is 0 Å². The molecule has 0 spiro atoms. The monoisotopic (exact) mass is 275 g/mol. The molecule has 1 atom stereocenters. The summed E-state index contributed by atoms with van der Waals surface area (Å²) in [5.41, 5.74) is 0.632. The Morgan fingerprint density at radius 3 is 2.95 bits per heavy atom. The van der Waals surface area contributed by atoms with Crippen LogP contribution in [0.5, 0.6) is 0 Å². The molecule has 2 aromatic heterocycles. The first-order valence-electron chi connectivity index (χ1n) is 7.12. The highest BCUT2D eigenvalue weighted by Crippen LogP contribution is 2.35. The molecule has 108 valence electrons. The van der Waals surface area contributed by atoms with Gasteiger partial charge in [0.15, 0.2) is 0 Å². The van der Waals surface area contributed by atoms with Gasteiger partial charge in [-0.2, -0.15) is 10.1 Å². The second kappa shape index (κ2) is 5.01. The lowest BCUT2D eigenvalue weighted by Gasteiger charge is -2.34. The van der Waals surface area contributed by atoms with Crippen LogP contribution in [0.2, 0.25) is 0 Å². The number of rotatable bonds is 3. The first-order valence-corrected chi connectivity index (χ1v) is 7.12. The Morgan fingerprint density at radius 2 is 2.30 bits per heavy atom. The second-order valence-corrected chi connectivity index (χ2v) is 6.06. The molecule has 3 rings (SSSR count). The van der Waals surface area contributed by atoms with E-state index in [2.05, 4.69) is 34.4 Å². The number of aromatic nitrogens is 4. The molecule has 0 aromatic carbocycles. The molecule has 1 unspecified atom stereocenters. The van der Waals surface area contributed by atoms with Crippen molar-refractivity contribution in [1.82, 2.24) is 25.2 Å². The van der Waals surface area contributed by atoms with Crippen molar-refractivity contribution in [2.75, 3.05) is 13.1 Å². The van der Waals surface area contributed by atoms with E-state index in [0.29, 0.717) is 17.6 Å². The molecule has 0 amide bonds. The van der Waals surface area contributed by atoms with Gasteiger partial charge in [-0.1, -0.05) is 19.0 Å². The fourth-order valence-electron chi connectivity index (χ4n) is 2.77. The van der Waals surface area contributed by atoms with Crippen LogP contribution in [-0.4, -0.2) is 33.0 Å². The second-order valence-electron chi connectivity index (χ2n) is 6.06. The molecular formula is C14H21N5O. The third-order valence-electron chi connectivity index (χ3n) is 4.24. The Morgan fingerprint density at radius 1 is 1.45 bits per heavy atom. The van der Waals surface area contributed by atoms with Crippen molar-refractivity contribution >= 4 is 0 Å². The Hall–Kier alpha value is -1.69. The maximum Gasteiger partial charge on any atom is 0.232 e. The van der Waals surface area contributed by atoms with Gasteiger partial charge in [0.1, 0.15) is 5.69 Å². The van der Waals surface area contributed by atoms with E-state index in [-0.39, 0.29) is 5.41 Å². The van der Waals surface area contributed by atoms with Crippen LogP contribution >= 0.6 is 0 Å². The summed E-state index contributed by atoms with van der Waals surface area (Å²) in [5, 5.41) is 11.8. The van der Waals surface area contributed by atoms with Gasteiger partial charge < -0.3 is 9.84 Å². The fraction of sp³-hybridized carbons (Fsp3) is 0.643. The summed E-state index contributed by atoms with van der Waals surface area (Å²) >= 11 is 0. The van der Waals surface area contributed by atoms with Crippen molar-refractivity contribution < 1.29 is 4.52 Å². The zero-order valence-electron chi connectivity index (χ0n) is 12.3. The number of nitrogens with one attached hydrogen (secondary N) is 1. The molecule has 0 saturated carbocycles. The lowest BCUT2D eigenvalue weighted by atomic mass is 9.75. The molecule has 2 aromatic rings. The molecule has 1 N–H and O–H groups in total. The van der Waals surface area contributed by atoms with Crippen LogP contribution in [-0.2, 0) is 12.5 Å². The van der Waals surface area contributed by atoms with Gasteiger partial charge in [-0.15, -0.1) is 0 Å². The number of nitrogens with zero attached hydrogens (tertiary/aromatic N) is 4. The maximum absolute atomic E-state index is 5.51. The summed E-state index contributed by atoms with van der Waals surface area (Å²) in [7, 11) is 1.88. The number of aryl methyl sites for hydroxylation is 1. The van der Waals surface area contributed by atoms with E-state index in [9.17, 15) is 0 Å². The van der Waals surface area contributed by atoms with Crippen LogP contribution in [0.25, 0.3) is 11.5 Å². The smallest absolute Gasteiger partial charge is 0.232 e. The van der Waals surface area contributed by atoms with Gasteiger partial charge in [0.25, 0.3) is 0 Å². The van der Waals surface area contributed by atoms with Crippen LogP contribution in [0, 0.1) is 5.92 Å². The van der Waals surface area contributed by atoms with Gasteiger partial charge in [0.05, 0.1) is 0 Å². The number of piperidine rings is 1. The van der Waals surface area contributed by atoms with Crippen molar-refractivity contribution in [3.63, 3.8) is 0 Å². The van der Waals surface area contributed by atoms with E-state index in [1.165, 1.54) is 12.8 Å². The molecule has 0 bridgehead atoms. The van der Waals surface area contributed by atoms with Crippen molar-refractivity contribution in [2.24, 2.45) is 13.0 Å². The molecule has 6 nitrogen and oxygen atoms in total. The van der Waals surface area contributed by atoms with Gasteiger partial charge in [-0.25, -0.2) is 0 Å². The first kappa shape index (κ1) is 13.3. The van der Waals surface area contributed by atoms with Crippen molar-refractivity contribution in [1.29, 1.82) is 0 Å². The maximum atomic E-state index is 5.51. The summed E-state index contributed by atoms with van der Waals surface area (Å²) < 4.78 is 7.25. The Labute approximate surface area is 118 Å². The Bertz CT molecular complexity index is 580. The van der Waals surface area contributed by atoms with Gasteiger partial charge in [0, 0.05) is 18.7 Å². The Balaban J connectivity index is 1.85. The topological polar surface area (TPSA) is 68.8 Å². The number of hydrogen-bond donors (Lipinski definition) is 1. The summed E-state index contributed by atoms with van der Waals surface area (Å²) in [6, 6.07) is 1.89. The van der Waals surface area contributed by atoms with Gasteiger partial charge in [0.2, 0.25) is 11.7 Å². The van der Waals surface area contributed by atoms with E-state index >= 15 is 0 Å². The molecule has 1 aliphatic rings. The summed E-state index contributed by atoms with van der Waals surface area (Å²) in [6.45, 7) is 6.48. The standard InChI is InChI=1S/C14H21N5O/c1-14(2,10-5-4-7-15-9-10)13-16-12(18-20-13)11-6-8-19(3)17-11/h6,8,10,15H,4-5,7,9H2,1-3H3. The van der Waals surface area contributed by atoms with E-state index in [1.807, 2.05) is 19.3 Å². The molecular weight excluding hydrogens is 254 g/mol. The van der Waals surface area contributed by atoms with Crippen LogP contribution in [0.1, 0.15) is 32.6 Å². The predicted molar refractivity (Wildman–Crippen MR) is 75.1 cm³/mol. The zero-order valence-corrected chi connectivity index (χ0v) is 12.3. The third kappa shape index (κ3) is 2.35. The molecule has 20 heavy (non-hydrogen) atoms. The summed E-state index contributed by atoms with van der Waals surface area (Å²) in [4.78, 5) is 4.56. The predicted octanol–water partition coefficient (Wildman–Crippen LogP) is 1.75. The van der Waals surface area contributed by atoms with Gasteiger partial charge in [-0.05, 0) is 37.9 Å². The normalized spacial score (nSPS) is 20.2. The van der Waals surface area contributed by atoms with E-state index in [1.54, 1.807) is 4.68 Å². The highest BCUT2D eigenvalue weighted by atomic mass is 16.5. The quantitative estimate of drug-likeness (QED) is 0.924. The minimum Gasteiger partial charge on any atom is -0.338 e. The van der Waals surface area contributed by atoms with Crippen LogP contribution in [0.3, 0.4) is 0 Å². The lowest BCUT2D eigenvalue weighted by molar-refractivity contribution is 0.196. The summed E-state index contributed by atoms with van der Waals surface area (Å²) in [6.07, 6.45) is 4.28. The van der Waals surface area contributed by atoms with E-state index in [4.69, 9.17) is 4.52 Å². The fourth-order valence-corrected chi connectivity index (χ4v) is 2.77. The van der Waals surface area contributed by atoms with E-state index in [0.717, 1.165) is 18.8 Å². The van der Waals surface area contributed by atoms with Crippen LogP contribution < -0.4 is 5.32 Å². The SMILES string of the molecule is Cn1ccc(-c2noc(C(C)(C)C3CCCNC3)n2)n1. The summed E-state index contributed by atoms with van der Waals surface area (Å²) in [5.74, 6) is 1.79. The van der Waals surface area contributed by atoms with Crippen molar-refractivity contribution in [3.8, 4) is 11.5 Å². The average molecular weight is 275 g/mol. The van der Waals surface area contributed by atoms with Crippen LogP contribution in [0.15, 0.2) is 16.8 Å². The number of hydrogen-bond acceptors (Lipinski definition) is 5. The highest BCUT2D eigenvalue weighted by molar-refractivity contribution is 5.46. The lowest BCUT2D eigenvalue weighted by Crippen LogP contribution is -2.40. The first-order chi connectivity index (χ1) is 9.57. The minimum absolute atomic E-state index is 0.118. The average Bonchev–Trinajstić information content (AvgIpc) is 3.08. The minimum atomic E-state index is -0.118. The molecule has 0 radical (unpaired) electrons. The molecule has 1 saturated heterocycles. The molecule has 1 fully saturated rings. The highest BCUT2D eigenvalue weighted by Gasteiger charge is 2.37.